The van der Waals surface area contributed by atoms with E-state index in [0.29, 0.717) is 0 Å². The van der Waals surface area contributed by atoms with Crippen molar-refractivity contribution >= 4 is 82.4 Å². The molecule has 11 aromatic carbocycles. The van der Waals surface area contributed by atoms with E-state index < -0.39 is 0 Å². The normalized spacial score (nSPS) is 11.7. The van der Waals surface area contributed by atoms with E-state index in [9.17, 15) is 0 Å². The number of furan rings is 1. The maximum absolute atomic E-state index is 6.27. The Balaban J connectivity index is 0.883. The van der Waals surface area contributed by atoms with Crippen LogP contribution in [0.5, 0.6) is 0 Å². The van der Waals surface area contributed by atoms with Crippen LogP contribution in [0.25, 0.3) is 104 Å². The SMILES string of the molecule is c1cc(-c2ccc(N(c3ccc(-c4ccc5c(c4)oc4ccccc45)cc3)c3cccc4ccc5ccccc5c34)cc2)cc(-c2cccc(-n3c4ccccc4c4ccccc43)c2)c1. The molecule has 0 bridgehead atoms. The number of benzene rings is 11. The summed E-state index contributed by atoms with van der Waals surface area (Å²) in [6.07, 6.45) is 0. The molecular formula is C62H40N2O. The summed E-state index contributed by atoms with van der Waals surface area (Å²) in [5.41, 5.74) is 15.6. The van der Waals surface area contributed by atoms with E-state index in [0.717, 1.165) is 61.4 Å². The van der Waals surface area contributed by atoms with Crippen LogP contribution in [-0.4, -0.2) is 4.57 Å². The third-order valence-corrected chi connectivity index (χ3v) is 13.2. The summed E-state index contributed by atoms with van der Waals surface area (Å²) in [5.74, 6) is 0. The molecule has 304 valence electrons. The summed E-state index contributed by atoms with van der Waals surface area (Å²) in [6.45, 7) is 0. The van der Waals surface area contributed by atoms with Crippen molar-refractivity contribution in [2.75, 3.05) is 4.90 Å². The van der Waals surface area contributed by atoms with Crippen molar-refractivity contribution in [3.8, 4) is 39.1 Å². The highest BCUT2D eigenvalue weighted by atomic mass is 16.3. The Hall–Kier alpha value is -8.66. The third-order valence-electron chi connectivity index (χ3n) is 13.2. The molecule has 0 radical (unpaired) electrons. The van der Waals surface area contributed by atoms with Gasteiger partial charge < -0.3 is 13.9 Å². The second-order valence-electron chi connectivity index (χ2n) is 16.9. The van der Waals surface area contributed by atoms with Gasteiger partial charge in [0.1, 0.15) is 11.2 Å². The second kappa shape index (κ2) is 15.0. The molecule has 2 heterocycles. The standard InChI is InChI=1S/C62H40N2O/c1-2-18-52-43(12-1)26-27-44-13-11-24-59(62(44)52)63(50-35-30-42(31-36-50)48-32-37-56-55-21-5-8-25-60(55)65-61(56)40-48)49-33-28-41(29-34-49)45-14-9-15-46(38-45)47-16-10-17-51(39-47)64-57-22-6-3-19-53(57)54-20-4-7-23-58(54)64/h1-40H. The highest BCUT2D eigenvalue weighted by Gasteiger charge is 2.19. The molecule has 0 fully saturated rings. The zero-order chi connectivity index (χ0) is 42.8. The Morgan fingerprint density at radius 1 is 0.308 bits per heavy atom. The fourth-order valence-corrected chi connectivity index (χ4v) is 10.1. The number of para-hydroxylation sites is 3. The minimum atomic E-state index is 0.899. The first kappa shape index (κ1) is 36.9. The van der Waals surface area contributed by atoms with Gasteiger partial charge in [0.25, 0.3) is 0 Å². The van der Waals surface area contributed by atoms with Crippen molar-refractivity contribution in [2.24, 2.45) is 0 Å². The van der Waals surface area contributed by atoms with E-state index >= 15 is 0 Å². The lowest BCUT2D eigenvalue weighted by atomic mass is 9.97. The van der Waals surface area contributed by atoms with Gasteiger partial charge in [0.05, 0.1) is 16.7 Å². The molecule has 13 rings (SSSR count). The predicted molar refractivity (Wildman–Crippen MR) is 274 cm³/mol. The van der Waals surface area contributed by atoms with Crippen molar-refractivity contribution in [1.82, 2.24) is 4.57 Å². The van der Waals surface area contributed by atoms with Gasteiger partial charge in [-0.2, -0.15) is 0 Å². The topological polar surface area (TPSA) is 21.3 Å². The van der Waals surface area contributed by atoms with Crippen LogP contribution in [0.4, 0.5) is 17.1 Å². The minimum Gasteiger partial charge on any atom is -0.456 e. The van der Waals surface area contributed by atoms with Gasteiger partial charge in [-0.25, -0.2) is 0 Å². The lowest BCUT2D eigenvalue weighted by molar-refractivity contribution is 0.669. The van der Waals surface area contributed by atoms with Crippen molar-refractivity contribution in [1.29, 1.82) is 0 Å². The van der Waals surface area contributed by atoms with Crippen molar-refractivity contribution < 1.29 is 4.42 Å². The van der Waals surface area contributed by atoms with E-state index in [1.807, 2.05) is 12.1 Å². The first-order valence-electron chi connectivity index (χ1n) is 22.2. The molecule has 0 aliphatic heterocycles. The van der Waals surface area contributed by atoms with Crippen LogP contribution in [0.15, 0.2) is 247 Å². The van der Waals surface area contributed by atoms with E-state index in [-0.39, 0.29) is 0 Å². The van der Waals surface area contributed by atoms with E-state index in [1.54, 1.807) is 0 Å². The molecule has 3 heteroatoms. The molecular weight excluding hydrogens is 789 g/mol. The Morgan fingerprint density at radius 2 is 0.815 bits per heavy atom. The van der Waals surface area contributed by atoms with E-state index in [1.165, 1.54) is 60.0 Å². The van der Waals surface area contributed by atoms with Crippen LogP contribution in [-0.2, 0) is 0 Å². The monoisotopic (exact) mass is 828 g/mol. The lowest BCUT2D eigenvalue weighted by Gasteiger charge is -2.28. The summed E-state index contributed by atoms with van der Waals surface area (Å²) in [5, 5.41) is 9.69. The average molecular weight is 829 g/mol. The van der Waals surface area contributed by atoms with Crippen LogP contribution < -0.4 is 4.90 Å². The molecule has 3 nitrogen and oxygen atoms in total. The molecule has 0 saturated carbocycles. The van der Waals surface area contributed by atoms with E-state index in [4.69, 9.17) is 4.42 Å². The maximum Gasteiger partial charge on any atom is 0.136 e. The number of fused-ring (bicyclic) bond motifs is 9. The summed E-state index contributed by atoms with van der Waals surface area (Å²) in [6, 6.07) is 87.8. The molecule has 0 aliphatic rings. The Bertz CT molecular complexity index is 3900. The Kier molecular flexibility index (Phi) is 8.53. The molecule has 0 spiro atoms. The molecule has 0 N–H and O–H groups in total. The highest BCUT2D eigenvalue weighted by molar-refractivity contribution is 6.15. The molecule has 13 aromatic rings. The largest absolute Gasteiger partial charge is 0.456 e. The molecule has 0 aliphatic carbocycles. The van der Waals surface area contributed by atoms with Crippen LogP contribution in [0.2, 0.25) is 0 Å². The lowest BCUT2D eigenvalue weighted by Crippen LogP contribution is -2.10. The third kappa shape index (κ3) is 6.20. The van der Waals surface area contributed by atoms with Crippen LogP contribution >= 0.6 is 0 Å². The summed E-state index contributed by atoms with van der Waals surface area (Å²) in [7, 11) is 0. The quantitative estimate of drug-likeness (QED) is 0.149. The predicted octanol–water partition coefficient (Wildman–Crippen LogP) is 17.5. The smallest absolute Gasteiger partial charge is 0.136 e. The summed E-state index contributed by atoms with van der Waals surface area (Å²) < 4.78 is 8.66. The van der Waals surface area contributed by atoms with Gasteiger partial charge in [-0.3, -0.25) is 0 Å². The molecule has 0 unspecified atom stereocenters. The molecule has 0 saturated heterocycles. The van der Waals surface area contributed by atoms with Gasteiger partial charge in [-0.05, 0) is 128 Å². The number of anilines is 3. The van der Waals surface area contributed by atoms with Gasteiger partial charge in [0, 0.05) is 44.0 Å². The molecule has 2 aromatic heterocycles. The maximum atomic E-state index is 6.27. The average Bonchev–Trinajstić information content (AvgIpc) is 3.92. The fourth-order valence-electron chi connectivity index (χ4n) is 10.1. The molecule has 65 heavy (non-hydrogen) atoms. The molecule has 0 atom stereocenters. The number of rotatable bonds is 7. The molecule has 0 amide bonds. The zero-order valence-electron chi connectivity index (χ0n) is 35.4. The summed E-state index contributed by atoms with van der Waals surface area (Å²) >= 11 is 0. The van der Waals surface area contributed by atoms with Crippen LogP contribution in [0.1, 0.15) is 0 Å². The summed E-state index contributed by atoms with van der Waals surface area (Å²) in [4.78, 5) is 2.40. The number of hydrogen-bond acceptors (Lipinski definition) is 2. The number of nitrogens with zero attached hydrogens (tertiary/aromatic N) is 2. The van der Waals surface area contributed by atoms with Gasteiger partial charge >= 0.3 is 0 Å². The van der Waals surface area contributed by atoms with Crippen LogP contribution in [0, 0.1) is 0 Å². The first-order chi connectivity index (χ1) is 32.2. The number of hydrogen-bond donors (Lipinski definition) is 0. The van der Waals surface area contributed by atoms with Crippen molar-refractivity contribution in [2.45, 2.75) is 0 Å². The van der Waals surface area contributed by atoms with Gasteiger partial charge in [0.15, 0.2) is 0 Å². The van der Waals surface area contributed by atoms with Gasteiger partial charge in [-0.1, -0.05) is 164 Å². The first-order valence-corrected chi connectivity index (χ1v) is 22.2. The zero-order valence-corrected chi connectivity index (χ0v) is 35.4. The second-order valence-corrected chi connectivity index (χ2v) is 16.9. The minimum absolute atomic E-state index is 0.899. The van der Waals surface area contributed by atoms with E-state index in [2.05, 4.69) is 240 Å². The van der Waals surface area contributed by atoms with Crippen LogP contribution in [0.3, 0.4) is 0 Å². The van der Waals surface area contributed by atoms with Crippen molar-refractivity contribution in [3.63, 3.8) is 0 Å². The van der Waals surface area contributed by atoms with Gasteiger partial charge in [0.2, 0.25) is 0 Å². The highest BCUT2D eigenvalue weighted by Crippen LogP contribution is 2.43. The Labute approximate surface area is 376 Å². The van der Waals surface area contributed by atoms with Crippen molar-refractivity contribution in [3.05, 3.63) is 243 Å². The number of aromatic nitrogens is 1. The van der Waals surface area contributed by atoms with Gasteiger partial charge in [-0.15, -0.1) is 0 Å². The Morgan fingerprint density at radius 3 is 1.54 bits per heavy atom. The fraction of sp³-hybridized carbons (Fsp3) is 0.